The number of hydrogen-bond acceptors (Lipinski definition) is 0. The Morgan fingerprint density at radius 1 is 1.09 bits per heavy atom. The van der Waals surface area contributed by atoms with Crippen LogP contribution in [0.2, 0.25) is 10.0 Å². The van der Waals surface area contributed by atoms with Crippen LogP contribution in [0.15, 0.2) is 23.2 Å². The predicted molar refractivity (Wildman–Crippen MR) is 54.4 cm³/mol. The Morgan fingerprint density at radius 2 is 1.64 bits per heavy atom. The van der Waals surface area contributed by atoms with E-state index in [4.69, 9.17) is 23.2 Å². The first-order valence-corrected chi connectivity index (χ1v) is 4.62. The summed E-state index contributed by atoms with van der Waals surface area (Å²) >= 11 is 14.7. The third-order valence-electron chi connectivity index (χ3n) is 1.14. The van der Waals surface area contributed by atoms with Gasteiger partial charge in [0.2, 0.25) is 0 Å². The molecule has 0 fully saturated rings. The van der Waals surface area contributed by atoms with E-state index in [0.717, 1.165) is 5.56 Å². The first kappa shape index (κ1) is 9.11. The van der Waals surface area contributed by atoms with Gasteiger partial charge in [-0.15, -0.1) is 0 Å². The number of benzene rings is 1. The smallest absolute Gasteiger partial charge is 0.0426 e. The van der Waals surface area contributed by atoms with E-state index >= 15 is 0 Å². The van der Waals surface area contributed by atoms with Crippen LogP contribution >= 0.6 is 39.1 Å². The standard InChI is InChI=1S/C8H5BrCl2/c9-2-1-6-3-7(10)5-8(11)4-6/h1-5H/b2-1+. The fourth-order valence-corrected chi connectivity index (χ4v) is 1.59. The second kappa shape index (κ2) is 4.15. The first-order chi connectivity index (χ1) is 5.22. The zero-order valence-corrected chi connectivity index (χ0v) is 8.62. The highest BCUT2D eigenvalue weighted by Gasteiger charge is 1.93. The average molecular weight is 252 g/mol. The maximum atomic E-state index is 5.75. The van der Waals surface area contributed by atoms with Crippen molar-refractivity contribution in [2.75, 3.05) is 0 Å². The summed E-state index contributed by atoms with van der Waals surface area (Å²) < 4.78 is 0. The lowest BCUT2D eigenvalue weighted by Gasteiger charge is -1.95. The second-order valence-corrected chi connectivity index (χ2v) is 3.40. The van der Waals surface area contributed by atoms with Gasteiger partial charge < -0.3 is 0 Å². The summed E-state index contributed by atoms with van der Waals surface area (Å²) in [7, 11) is 0. The Balaban J connectivity index is 3.08. The number of halogens is 3. The Hall–Kier alpha value is 0.0200. The van der Waals surface area contributed by atoms with Crippen molar-refractivity contribution in [3.05, 3.63) is 38.8 Å². The fraction of sp³-hybridized carbons (Fsp3) is 0. The molecule has 1 aromatic carbocycles. The molecule has 0 atom stereocenters. The van der Waals surface area contributed by atoms with Gasteiger partial charge in [-0.25, -0.2) is 0 Å². The Morgan fingerprint density at radius 3 is 2.09 bits per heavy atom. The summed E-state index contributed by atoms with van der Waals surface area (Å²) in [5.41, 5.74) is 0.986. The monoisotopic (exact) mass is 250 g/mol. The van der Waals surface area contributed by atoms with Gasteiger partial charge in [0.05, 0.1) is 0 Å². The van der Waals surface area contributed by atoms with E-state index in [1.165, 1.54) is 0 Å². The van der Waals surface area contributed by atoms with Gasteiger partial charge in [0, 0.05) is 10.0 Å². The Bertz CT molecular complexity index is 261. The molecular formula is C8H5BrCl2. The van der Waals surface area contributed by atoms with E-state index in [9.17, 15) is 0 Å². The van der Waals surface area contributed by atoms with Crippen LogP contribution in [0.3, 0.4) is 0 Å². The SMILES string of the molecule is Clc1cc(Cl)cc(/C=C/Br)c1. The van der Waals surface area contributed by atoms with E-state index in [1.54, 1.807) is 11.1 Å². The lowest BCUT2D eigenvalue weighted by atomic mass is 10.2. The van der Waals surface area contributed by atoms with Gasteiger partial charge in [0.1, 0.15) is 0 Å². The molecule has 58 valence electrons. The van der Waals surface area contributed by atoms with Crippen molar-refractivity contribution in [3.8, 4) is 0 Å². The van der Waals surface area contributed by atoms with Crippen molar-refractivity contribution >= 4 is 45.2 Å². The molecule has 0 nitrogen and oxygen atoms in total. The summed E-state index contributed by atoms with van der Waals surface area (Å²) in [4.78, 5) is 1.76. The van der Waals surface area contributed by atoms with E-state index in [-0.39, 0.29) is 0 Å². The highest BCUT2D eigenvalue weighted by atomic mass is 79.9. The fourth-order valence-electron chi connectivity index (χ4n) is 0.744. The largest absolute Gasteiger partial charge is 0.0843 e. The summed E-state index contributed by atoms with van der Waals surface area (Å²) in [6, 6.07) is 5.38. The highest BCUT2D eigenvalue weighted by Crippen LogP contribution is 2.19. The Kier molecular flexibility index (Phi) is 3.44. The van der Waals surface area contributed by atoms with Gasteiger partial charge in [0.25, 0.3) is 0 Å². The van der Waals surface area contributed by atoms with Gasteiger partial charge >= 0.3 is 0 Å². The predicted octanol–water partition coefficient (Wildman–Crippen LogP) is 4.36. The van der Waals surface area contributed by atoms with Crippen LogP contribution in [0.1, 0.15) is 5.56 Å². The third-order valence-corrected chi connectivity index (χ3v) is 1.84. The zero-order chi connectivity index (χ0) is 8.27. The number of rotatable bonds is 1. The van der Waals surface area contributed by atoms with Gasteiger partial charge in [0.15, 0.2) is 0 Å². The van der Waals surface area contributed by atoms with Gasteiger partial charge in [-0.3, -0.25) is 0 Å². The molecule has 0 aromatic heterocycles. The normalized spacial score (nSPS) is 10.8. The average Bonchev–Trinajstić information content (AvgIpc) is 1.85. The minimum Gasteiger partial charge on any atom is -0.0843 e. The van der Waals surface area contributed by atoms with Crippen molar-refractivity contribution in [3.63, 3.8) is 0 Å². The molecule has 1 rings (SSSR count). The van der Waals surface area contributed by atoms with Crippen LogP contribution in [0.4, 0.5) is 0 Å². The molecule has 3 heteroatoms. The maximum Gasteiger partial charge on any atom is 0.0426 e. The molecule has 0 bridgehead atoms. The number of hydrogen-bond donors (Lipinski definition) is 0. The molecule has 0 aliphatic carbocycles. The summed E-state index contributed by atoms with van der Waals surface area (Å²) in [6.45, 7) is 0. The first-order valence-electron chi connectivity index (χ1n) is 2.95. The van der Waals surface area contributed by atoms with Gasteiger partial charge in [-0.2, -0.15) is 0 Å². The lowest BCUT2D eigenvalue weighted by molar-refractivity contribution is 1.66. The quantitative estimate of drug-likeness (QED) is 0.696. The molecule has 0 aliphatic heterocycles. The van der Waals surface area contributed by atoms with Crippen LogP contribution < -0.4 is 0 Å². The van der Waals surface area contributed by atoms with Crippen molar-refractivity contribution < 1.29 is 0 Å². The van der Waals surface area contributed by atoms with Crippen LogP contribution in [-0.2, 0) is 0 Å². The molecule has 0 unspecified atom stereocenters. The Labute approximate surface area is 83.9 Å². The van der Waals surface area contributed by atoms with Gasteiger partial charge in [-0.05, 0) is 34.8 Å². The molecule has 11 heavy (non-hydrogen) atoms. The zero-order valence-electron chi connectivity index (χ0n) is 5.52. The highest BCUT2D eigenvalue weighted by molar-refractivity contribution is 9.11. The topological polar surface area (TPSA) is 0 Å². The van der Waals surface area contributed by atoms with Crippen LogP contribution in [0.25, 0.3) is 6.08 Å². The van der Waals surface area contributed by atoms with Crippen LogP contribution in [0.5, 0.6) is 0 Å². The molecule has 0 N–H and O–H groups in total. The van der Waals surface area contributed by atoms with Crippen molar-refractivity contribution in [1.82, 2.24) is 0 Å². The van der Waals surface area contributed by atoms with Gasteiger partial charge in [-0.1, -0.05) is 39.1 Å². The molecule has 1 aromatic rings. The minimum atomic E-state index is 0.651. The maximum absolute atomic E-state index is 5.75. The molecule has 0 spiro atoms. The summed E-state index contributed by atoms with van der Waals surface area (Å²) in [5, 5.41) is 1.30. The lowest BCUT2D eigenvalue weighted by Crippen LogP contribution is -1.71. The molecular weight excluding hydrogens is 247 g/mol. The minimum absolute atomic E-state index is 0.651. The van der Waals surface area contributed by atoms with E-state index in [0.29, 0.717) is 10.0 Å². The summed E-state index contributed by atoms with van der Waals surface area (Å²) in [5.74, 6) is 0. The van der Waals surface area contributed by atoms with Crippen molar-refractivity contribution in [1.29, 1.82) is 0 Å². The van der Waals surface area contributed by atoms with E-state index in [1.807, 2.05) is 18.2 Å². The second-order valence-electron chi connectivity index (χ2n) is 2.00. The van der Waals surface area contributed by atoms with E-state index < -0.39 is 0 Å². The molecule has 0 saturated heterocycles. The third kappa shape index (κ3) is 2.86. The molecule has 0 aliphatic rings. The van der Waals surface area contributed by atoms with Crippen LogP contribution in [-0.4, -0.2) is 0 Å². The van der Waals surface area contributed by atoms with Crippen molar-refractivity contribution in [2.45, 2.75) is 0 Å². The van der Waals surface area contributed by atoms with Crippen molar-refractivity contribution in [2.24, 2.45) is 0 Å². The van der Waals surface area contributed by atoms with E-state index in [2.05, 4.69) is 15.9 Å². The molecule has 0 radical (unpaired) electrons. The molecule has 0 heterocycles. The summed E-state index contributed by atoms with van der Waals surface area (Å²) in [6.07, 6.45) is 1.87. The molecule has 0 amide bonds. The molecule has 0 saturated carbocycles. The van der Waals surface area contributed by atoms with Crippen LogP contribution in [0, 0.1) is 0 Å².